The quantitative estimate of drug-likeness (QED) is 0.862. The van der Waals surface area contributed by atoms with Crippen LogP contribution in [0.2, 0.25) is 10.0 Å². The second kappa shape index (κ2) is 5.12. The molecule has 6 heteroatoms. The summed E-state index contributed by atoms with van der Waals surface area (Å²) >= 11 is 14.1. The molecule has 0 saturated carbocycles. The van der Waals surface area contributed by atoms with Gasteiger partial charge >= 0.3 is 0 Å². The monoisotopic (exact) mass is 291 g/mol. The lowest BCUT2D eigenvalue weighted by Crippen LogP contribution is -2.45. The van der Waals surface area contributed by atoms with Crippen LogP contribution in [0.15, 0.2) is 6.07 Å². The van der Waals surface area contributed by atoms with E-state index in [-0.39, 0.29) is 0 Å². The first-order chi connectivity index (χ1) is 8.00. The number of rotatable bonds is 1. The van der Waals surface area contributed by atoms with Gasteiger partial charge in [-0.25, -0.2) is 4.98 Å². The van der Waals surface area contributed by atoms with Gasteiger partial charge in [-0.05, 0) is 13.0 Å². The molecule has 1 aliphatic heterocycles. The van der Waals surface area contributed by atoms with Crippen LogP contribution < -0.4 is 10.6 Å². The van der Waals surface area contributed by atoms with Gasteiger partial charge in [0.15, 0.2) is 0 Å². The SMILES string of the molecule is CC1SCCN(c2nc(N)c(Cl)cc2Cl)C1C. The molecule has 2 unspecified atom stereocenters. The third-order valence-electron chi connectivity index (χ3n) is 3.09. The molecule has 0 radical (unpaired) electrons. The maximum atomic E-state index is 6.20. The van der Waals surface area contributed by atoms with E-state index in [4.69, 9.17) is 28.9 Å². The molecule has 1 saturated heterocycles. The number of hydrogen-bond donors (Lipinski definition) is 1. The minimum absolute atomic E-state index is 0.337. The van der Waals surface area contributed by atoms with E-state index in [2.05, 4.69) is 23.7 Å². The highest BCUT2D eigenvalue weighted by Gasteiger charge is 2.28. The van der Waals surface area contributed by atoms with Crippen LogP contribution in [0.1, 0.15) is 13.8 Å². The van der Waals surface area contributed by atoms with E-state index in [0.717, 1.165) is 18.1 Å². The Bertz CT molecular complexity index is 427. The highest BCUT2D eigenvalue weighted by Crippen LogP contribution is 2.34. The zero-order valence-corrected chi connectivity index (χ0v) is 12.1. The summed E-state index contributed by atoms with van der Waals surface area (Å²) in [6.45, 7) is 5.33. The van der Waals surface area contributed by atoms with E-state index in [9.17, 15) is 0 Å². The Labute approximate surface area is 116 Å². The Morgan fingerprint density at radius 2 is 2.12 bits per heavy atom. The van der Waals surface area contributed by atoms with Crippen LogP contribution in [0, 0.1) is 0 Å². The lowest BCUT2D eigenvalue weighted by molar-refractivity contribution is 0.621. The number of pyridine rings is 1. The molecule has 0 aromatic carbocycles. The van der Waals surface area contributed by atoms with Crippen molar-refractivity contribution in [3.8, 4) is 0 Å². The van der Waals surface area contributed by atoms with Crippen LogP contribution in [-0.2, 0) is 0 Å². The lowest BCUT2D eigenvalue weighted by Gasteiger charge is -2.38. The van der Waals surface area contributed by atoms with E-state index in [1.165, 1.54) is 0 Å². The fraction of sp³-hybridized carbons (Fsp3) is 0.545. The smallest absolute Gasteiger partial charge is 0.150 e. The van der Waals surface area contributed by atoms with Crippen molar-refractivity contribution in [3.63, 3.8) is 0 Å². The van der Waals surface area contributed by atoms with Crippen LogP contribution in [0.3, 0.4) is 0 Å². The van der Waals surface area contributed by atoms with Crippen molar-refractivity contribution in [2.24, 2.45) is 0 Å². The van der Waals surface area contributed by atoms with Gasteiger partial charge in [0.2, 0.25) is 0 Å². The van der Waals surface area contributed by atoms with E-state index in [1.54, 1.807) is 6.07 Å². The number of nitrogens with zero attached hydrogens (tertiary/aromatic N) is 2. The first-order valence-electron chi connectivity index (χ1n) is 5.50. The molecule has 1 aliphatic rings. The number of nitrogen functional groups attached to an aromatic ring is 1. The maximum absolute atomic E-state index is 6.20. The third-order valence-corrected chi connectivity index (χ3v) is 5.01. The predicted molar refractivity (Wildman–Crippen MR) is 77.4 cm³/mol. The molecule has 1 aromatic heterocycles. The van der Waals surface area contributed by atoms with Crippen LogP contribution in [0.25, 0.3) is 0 Å². The lowest BCUT2D eigenvalue weighted by atomic mass is 10.2. The highest BCUT2D eigenvalue weighted by atomic mass is 35.5. The zero-order valence-electron chi connectivity index (χ0n) is 9.78. The summed E-state index contributed by atoms with van der Waals surface area (Å²) in [7, 11) is 0. The summed E-state index contributed by atoms with van der Waals surface area (Å²) in [5, 5.41) is 1.53. The number of hydrogen-bond acceptors (Lipinski definition) is 4. The molecule has 1 aromatic rings. The summed E-state index contributed by atoms with van der Waals surface area (Å²) in [5.41, 5.74) is 5.74. The average Bonchev–Trinajstić information content (AvgIpc) is 2.28. The molecule has 2 rings (SSSR count). The standard InChI is InChI=1S/C11H15Cl2N3S/c1-6-7(2)17-4-3-16(6)11-9(13)5-8(12)10(14)15-11/h5-7H,3-4H2,1-2H3,(H2,14,15). The fourth-order valence-electron chi connectivity index (χ4n) is 1.90. The fourth-order valence-corrected chi connectivity index (χ4v) is 3.47. The van der Waals surface area contributed by atoms with Gasteiger partial charge < -0.3 is 10.6 Å². The van der Waals surface area contributed by atoms with Crippen LogP contribution in [-0.4, -0.2) is 28.6 Å². The van der Waals surface area contributed by atoms with E-state index < -0.39 is 0 Å². The van der Waals surface area contributed by atoms with Gasteiger partial charge in [0.1, 0.15) is 11.6 Å². The van der Waals surface area contributed by atoms with Crippen molar-refractivity contribution in [1.82, 2.24) is 4.98 Å². The van der Waals surface area contributed by atoms with Gasteiger partial charge in [-0.3, -0.25) is 0 Å². The molecule has 0 spiro atoms. The largest absolute Gasteiger partial charge is 0.382 e. The average molecular weight is 292 g/mol. The molecule has 17 heavy (non-hydrogen) atoms. The summed E-state index contributed by atoms with van der Waals surface area (Å²) in [6, 6.07) is 2.05. The molecule has 3 nitrogen and oxygen atoms in total. The van der Waals surface area contributed by atoms with Gasteiger partial charge in [-0.15, -0.1) is 0 Å². The summed E-state index contributed by atoms with van der Waals surface area (Å²) in [4.78, 5) is 6.52. The molecule has 94 valence electrons. The van der Waals surface area contributed by atoms with Crippen molar-refractivity contribution in [2.75, 3.05) is 22.9 Å². The second-order valence-electron chi connectivity index (χ2n) is 4.17. The minimum Gasteiger partial charge on any atom is -0.382 e. The first kappa shape index (κ1) is 13.1. The van der Waals surface area contributed by atoms with Gasteiger partial charge in [0.05, 0.1) is 10.0 Å². The normalized spacial score (nSPS) is 25.1. The number of aromatic nitrogens is 1. The second-order valence-corrected chi connectivity index (χ2v) is 6.47. The van der Waals surface area contributed by atoms with Gasteiger partial charge in [0.25, 0.3) is 0 Å². The molecular weight excluding hydrogens is 277 g/mol. The summed E-state index contributed by atoms with van der Waals surface area (Å²) in [5.74, 6) is 2.16. The topological polar surface area (TPSA) is 42.2 Å². The first-order valence-corrected chi connectivity index (χ1v) is 7.31. The molecular formula is C11H15Cl2N3S. The van der Waals surface area contributed by atoms with E-state index >= 15 is 0 Å². The number of anilines is 2. The Kier molecular flexibility index (Phi) is 3.95. The van der Waals surface area contributed by atoms with Crippen LogP contribution >= 0.6 is 35.0 Å². The van der Waals surface area contributed by atoms with Gasteiger partial charge in [-0.1, -0.05) is 30.1 Å². The molecule has 2 heterocycles. The molecule has 0 bridgehead atoms. The van der Waals surface area contributed by atoms with Crippen molar-refractivity contribution < 1.29 is 0 Å². The van der Waals surface area contributed by atoms with Crippen molar-refractivity contribution in [1.29, 1.82) is 0 Å². The van der Waals surface area contributed by atoms with Crippen molar-refractivity contribution in [2.45, 2.75) is 25.1 Å². The van der Waals surface area contributed by atoms with Crippen LogP contribution in [0.5, 0.6) is 0 Å². The third kappa shape index (κ3) is 2.59. The molecule has 1 fully saturated rings. The summed E-state index contributed by atoms with van der Waals surface area (Å²) in [6.07, 6.45) is 0. The molecule has 0 amide bonds. The van der Waals surface area contributed by atoms with Gasteiger partial charge in [-0.2, -0.15) is 11.8 Å². The van der Waals surface area contributed by atoms with Crippen molar-refractivity contribution in [3.05, 3.63) is 16.1 Å². The maximum Gasteiger partial charge on any atom is 0.150 e. The Balaban J connectivity index is 2.36. The van der Waals surface area contributed by atoms with Crippen molar-refractivity contribution >= 4 is 46.6 Å². The zero-order chi connectivity index (χ0) is 12.6. The molecule has 2 atom stereocenters. The number of thioether (sulfide) groups is 1. The predicted octanol–water partition coefficient (Wildman–Crippen LogP) is 3.30. The van der Waals surface area contributed by atoms with E-state index in [1.807, 2.05) is 11.8 Å². The minimum atomic E-state index is 0.337. The molecule has 2 N–H and O–H groups in total. The van der Waals surface area contributed by atoms with Gasteiger partial charge in [0, 0.05) is 23.6 Å². The Morgan fingerprint density at radius 1 is 1.41 bits per heavy atom. The van der Waals surface area contributed by atoms with Crippen LogP contribution in [0.4, 0.5) is 11.6 Å². The molecule has 0 aliphatic carbocycles. The Hall–Kier alpha value is -0.320. The highest BCUT2D eigenvalue weighted by molar-refractivity contribution is 8.00. The summed E-state index contributed by atoms with van der Waals surface area (Å²) < 4.78 is 0. The number of nitrogens with two attached hydrogens (primary N) is 1. The van der Waals surface area contributed by atoms with E-state index in [0.29, 0.717) is 27.2 Å². The Morgan fingerprint density at radius 3 is 2.82 bits per heavy atom. The number of halogens is 2.